The predicted molar refractivity (Wildman–Crippen MR) is 142 cm³/mol. The molecule has 1 fully saturated rings. The molecule has 208 valence electrons. The summed E-state index contributed by atoms with van der Waals surface area (Å²) in [6.07, 6.45) is 3.66. The molecule has 0 radical (unpaired) electrons. The molecule has 1 aromatic rings. The lowest BCUT2D eigenvalue weighted by molar-refractivity contribution is -0.117. The molecule has 0 bridgehead atoms. The Morgan fingerprint density at radius 3 is 2.54 bits per heavy atom. The second-order valence-corrected chi connectivity index (χ2v) is 11.9. The van der Waals surface area contributed by atoms with Crippen LogP contribution in [0.3, 0.4) is 0 Å². The maximum Gasteiger partial charge on any atom is 0.253 e. The molecule has 2 heterocycles. The number of nitrogens with zero attached hydrogens (tertiary/aromatic N) is 2. The van der Waals surface area contributed by atoms with Gasteiger partial charge in [-0.05, 0) is 75.9 Å². The van der Waals surface area contributed by atoms with Crippen molar-refractivity contribution < 1.29 is 34.8 Å². The number of aromatic hydroxyl groups is 1. The van der Waals surface area contributed by atoms with Crippen LogP contribution in [0.15, 0.2) is 40.9 Å². The molecule has 5 atom stereocenters. The monoisotopic (exact) mass is 537 g/mol. The molecule has 0 saturated carbocycles. The topological polar surface area (TPSA) is 160 Å². The number of carbonyl (C=O) groups excluding carboxylic acids is 2. The van der Waals surface area contributed by atoms with Crippen LogP contribution < -0.4 is 5.73 Å². The normalized spacial score (nSPS) is 34.0. The van der Waals surface area contributed by atoms with Crippen molar-refractivity contribution in [2.24, 2.45) is 17.6 Å². The number of likely N-dealkylation sites (N-methyl/N-ethyl adjacent to an activating group) is 1. The summed E-state index contributed by atoms with van der Waals surface area (Å²) in [7, 11) is 3.42. The Bertz CT molecular complexity index is 1410. The standard InChI is InChI=1S/C29H35N3O7/c1-13(2)32-9-7-14(8-10-32)16-5-6-19(33)21-17(16)11-15-12-18-23(31(3)4)25(35)22(27(30)37)29(38)28(18,39-29)26(36)20(15)24(21)34/h5-7,13,15,18,23,33,35-36,38H,8-12H2,1-4H3,(H2,30,37)/t15-,18-,23+,28-,29?/m0/s1. The Hall–Kier alpha value is -3.18. The highest BCUT2D eigenvalue weighted by atomic mass is 16.8. The van der Waals surface area contributed by atoms with E-state index in [0.717, 1.165) is 36.2 Å². The van der Waals surface area contributed by atoms with Crippen LogP contribution in [-0.2, 0) is 16.0 Å². The van der Waals surface area contributed by atoms with Crippen molar-refractivity contribution in [2.45, 2.75) is 56.6 Å². The smallest absolute Gasteiger partial charge is 0.253 e. The maximum absolute atomic E-state index is 14.0. The van der Waals surface area contributed by atoms with Crippen LogP contribution in [0, 0.1) is 11.8 Å². The molecule has 6 N–H and O–H groups in total. The molecule has 10 nitrogen and oxygen atoms in total. The lowest BCUT2D eigenvalue weighted by Gasteiger charge is -2.46. The van der Waals surface area contributed by atoms with Crippen molar-refractivity contribution in [1.29, 1.82) is 0 Å². The minimum Gasteiger partial charge on any atom is -0.510 e. The third-order valence-electron chi connectivity index (χ3n) is 9.44. The summed E-state index contributed by atoms with van der Waals surface area (Å²) in [5, 5.41) is 44.9. The SMILES string of the molecule is CC(C)N1CC=C(c2ccc(O)c3c2C[C@H]2C[C@H]4[C@@H](N(C)C)C(O)=C(C(N)=O)C5(O)O[C@]45C(O)=C2C3=O)CC1. The number of aliphatic hydroxyl groups is 3. The number of epoxide rings is 1. The molecule has 2 aliphatic heterocycles. The van der Waals surface area contributed by atoms with Gasteiger partial charge in [0, 0.05) is 30.6 Å². The van der Waals surface area contributed by atoms with Gasteiger partial charge in [0.15, 0.2) is 11.4 Å². The molecular weight excluding hydrogens is 502 g/mol. The number of amides is 1. The number of primary amides is 1. The zero-order valence-corrected chi connectivity index (χ0v) is 22.6. The maximum atomic E-state index is 14.0. The van der Waals surface area contributed by atoms with Crippen molar-refractivity contribution >= 4 is 17.3 Å². The second kappa shape index (κ2) is 8.41. The van der Waals surface area contributed by atoms with E-state index in [2.05, 4.69) is 24.8 Å². The number of Topliss-reactive ketones (excluding diaryl/α,β-unsaturated/α-hetero) is 1. The summed E-state index contributed by atoms with van der Waals surface area (Å²) >= 11 is 0. The first kappa shape index (κ1) is 26.1. The van der Waals surface area contributed by atoms with E-state index in [1.807, 2.05) is 6.07 Å². The second-order valence-electron chi connectivity index (χ2n) is 11.9. The van der Waals surface area contributed by atoms with Crippen molar-refractivity contribution in [2.75, 3.05) is 27.2 Å². The minimum absolute atomic E-state index is 0.0634. The molecule has 10 heteroatoms. The van der Waals surface area contributed by atoms with Crippen LogP contribution in [0.2, 0.25) is 0 Å². The summed E-state index contributed by atoms with van der Waals surface area (Å²) in [5.41, 5.74) is 6.20. The largest absolute Gasteiger partial charge is 0.510 e. The molecule has 39 heavy (non-hydrogen) atoms. The average Bonchev–Trinajstić information content (AvgIpc) is 3.49. The van der Waals surface area contributed by atoms with Gasteiger partial charge >= 0.3 is 0 Å². The van der Waals surface area contributed by atoms with Crippen LogP contribution in [-0.4, -0.2) is 92.6 Å². The summed E-state index contributed by atoms with van der Waals surface area (Å²) in [5.74, 6) is -6.09. The van der Waals surface area contributed by atoms with E-state index in [-0.39, 0.29) is 16.9 Å². The van der Waals surface area contributed by atoms with Crippen molar-refractivity contribution in [3.8, 4) is 5.75 Å². The molecule has 1 amide bonds. The van der Waals surface area contributed by atoms with Crippen LogP contribution >= 0.6 is 0 Å². The number of hydrogen-bond donors (Lipinski definition) is 5. The van der Waals surface area contributed by atoms with Crippen LogP contribution in [0.1, 0.15) is 48.2 Å². The van der Waals surface area contributed by atoms with E-state index in [4.69, 9.17) is 10.5 Å². The molecule has 1 spiro atoms. The fraction of sp³-hybridized carbons (Fsp3) is 0.517. The molecule has 3 aliphatic carbocycles. The summed E-state index contributed by atoms with van der Waals surface area (Å²) in [6, 6.07) is 3.01. The summed E-state index contributed by atoms with van der Waals surface area (Å²) in [4.78, 5) is 30.3. The Kier molecular flexibility index (Phi) is 5.62. The number of ether oxygens (including phenoxy) is 1. The number of rotatable bonds is 4. The molecule has 6 rings (SSSR count). The number of hydrogen-bond acceptors (Lipinski definition) is 9. The van der Waals surface area contributed by atoms with Gasteiger partial charge in [-0.15, -0.1) is 0 Å². The molecule has 5 aliphatic rings. The van der Waals surface area contributed by atoms with E-state index in [9.17, 15) is 30.0 Å². The number of carbonyl (C=O) groups is 2. The molecule has 1 aromatic carbocycles. The number of nitrogens with two attached hydrogens (primary N) is 1. The number of phenols is 1. The van der Waals surface area contributed by atoms with Crippen molar-refractivity contribution in [3.63, 3.8) is 0 Å². The Balaban J connectivity index is 1.48. The zero-order chi connectivity index (χ0) is 28.2. The summed E-state index contributed by atoms with van der Waals surface area (Å²) < 4.78 is 5.73. The van der Waals surface area contributed by atoms with Gasteiger partial charge in [-0.3, -0.25) is 19.4 Å². The average molecular weight is 538 g/mol. The number of phenolic OH excluding ortho intramolecular Hbond substituents is 1. The highest BCUT2D eigenvalue weighted by Crippen LogP contribution is 2.68. The first-order valence-corrected chi connectivity index (χ1v) is 13.4. The van der Waals surface area contributed by atoms with E-state index in [1.54, 1.807) is 19.0 Å². The predicted octanol–water partition coefficient (Wildman–Crippen LogP) is 1.78. The number of ketones is 1. The Labute approximate surface area is 226 Å². The van der Waals surface area contributed by atoms with Crippen LogP contribution in [0.4, 0.5) is 0 Å². The van der Waals surface area contributed by atoms with E-state index >= 15 is 0 Å². The highest BCUT2D eigenvalue weighted by Gasteiger charge is 2.84. The van der Waals surface area contributed by atoms with Crippen molar-refractivity contribution in [1.82, 2.24) is 9.80 Å². The molecule has 1 unspecified atom stereocenters. The Morgan fingerprint density at radius 1 is 1.23 bits per heavy atom. The quantitative estimate of drug-likeness (QED) is 0.361. The fourth-order valence-corrected chi connectivity index (χ4v) is 7.56. The first-order chi connectivity index (χ1) is 18.3. The van der Waals surface area contributed by atoms with Gasteiger partial charge in [-0.2, -0.15) is 0 Å². The summed E-state index contributed by atoms with van der Waals surface area (Å²) in [6.45, 7) is 6.00. The Morgan fingerprint density at radius 2 is 1.95 bits per heavy atom. The van der Waals surface area contributed by atoms with Crippen molar-refractivity contribution in [3.05, 3.63) is 57.6 Å². The van der Waals surface area contributed by atoms with Gasteiger partial charge in [0.1, 0.15) is 22.8 Å². The number of allylic oxidation sites excluding steroid dienone is 1. The van der Waals surface area contributed by atoms with Gasteiger partial charge in [0.2, 0.25) is 5.79 Å². The van der Waals surface area contributed by atoms with Gasteiger partial charge in [0.25, 0.3) is 5.91 Å². The molecule has 0 aromatic heterocycles. The fourth-order valence-electron chi connectivity index (χ4n) is 7.56. The van der Waals surface area contributed by atoms with Gasteiger partial charge in [-0.1, -0.05) is 12.1 Å². The van der Waals surface area contributed by atoms with Gasteiger partial charge in [-0.25, -0.2) is 0 Å². The van der Waals surface area contributed by atoms with Crippen LogP contribution in [0.5, 0.6) is 5.75 Å². The number of benzene rings is 1. The minimum atomic E-state index is -2.35. The number of fused-ring (bicyclic) bond motifs is 2. The zero-order valence-electron chi connectivity index (χ0n) is 22.6. The van der Waals surface area contributed by atoms with E-state index < -0.39 is 58.0 Å². The van der Waals surface area contributed by atoms with E-state index in [0.29, 0.717) is 18.9 Å². The first-order valence-electron chi connectivity index (χ1n) is 13.4. The third kappa shape index (κ3) is 3.29. The highest BCUT2D eigenvalue weighted by molar-refractivity contribution is 6.14. The van der Waals surface area contributed by atoms with Gasteiger partial charge in [0.05, 0.1) is 11.6 Å². The van der Waals surface area contributed by atoms with E-state index in [1.165, 1.54) is 6.07 Å². The van der Waals surface area contributed by atoms with Gasteiger partial charge < -0.3 is 30.9 Å². The van der Waals surface area contributed by atoms with Crippen LogP contribution in [0.25, 0.3) is 5.57 Å². The molecule has 1 saturated heterocycles. The third-order valence-corrected chi connectivity index (χ3v) is 9.44. The molecular formula is C29H35N3O7. The lowest BCUT2D eigenvalue weighted by Crippen LogP contribution is -2.57. The number of aliphatic hydroxyl groups excluding tert-OH is 2. The lowest BCUT2D eigenvalue weighted by atomic mass is 9.60.